The lowest BCUT2D eigenvalue weighted by molar-refractivity contribution is 0.627. The highest BCUT2D eigenvalue weighted by atomic mass is 79.9. The van der Waals surface area contributed by atoms with Gasteiger partial charge in [0, 0.05) is 4.83 Å². The Morgan fingerprint density at radius 1 is 1.11 bits per heavy atom. The van der Waals surface area contributed by atoms with Crippen LogP contribution >= 0.6 is 27.5 Å². The van der Waals surface area contributed by atoms with Crippen LogP contribution in [0.25, 0.3) is 0 Å². The summed E-state index contributed by atoms with van der Waals surface area (Å²) in [6.45, 7) is 4.21. The van der Waals surface area contributed by atoms with E-state index in [1.165, 1.54) is 22.8 Å². The fraction of sp³-hybridized carbons (Fsp3) is 0.250. The summed E-state index contributed by atoms with van der Waals surface area (Å²) in [4.78, 5) is 0.132. The Kier molecular flexibility index (Phi) is 4.64. The van der Waals surface area contributed by atoms with Crippen molar-refractivity contribution in [1.82, 2.24) is 0 Å². The van der Waals surface area contributed by atoms with E-state index in [9.17, 15) is 4.39 Å². The van der Waals surface area contributed by atoms with Crippen molar-refractivity contribution in [1.29, 1.82) is 0 Å². The van der Waals surface area contributed by atoms with Gasteiger partial charge in [-0.25, -0.2) is 4.39 Å². The van der Waals surface area contributed by atoms with Crippen LogP contribution in [0.1, 0.15) is 27.1 Å². The molecule has 0 heterocycles. The number of alkyl halides is 1. The first-order valence-electron chi connectivity index (χ1n) is 6.12. The highest BCUT2D eigenvalue weighted by molar-refractivity contribution is 9.09. The quantitative estimate of drug-likeness (QED) is 0.621. The molecule has 100 valence electrons. The van der Waals surface area contributed by atoms with Crippen molar-refractivity contribution in [2.45, 2.75) is 25.1 Å². The summed E-state index contributed by atoms with van der Waals surface area (Å²) in [5.74, 6) is -0.378. The predicted octanol–water partition coefficient (Wildman–Crippen LogP) is 5.77. The van der Waals surface area contributed by atoms with Crippen LogP contribution in [0.3, 0.4) is 0 Å². The molecule has 0 aliphatic carbocycles. The second-order valence-corrected chi connectivity index (χ2v) is 6.28. The van der Waals surface area contributed by atoms with Crippen molar-refractivity contribution in [2.75, 3.05) is 0 Å². The maximum absolute atomic E-state index is 13.1. The Bertz CT molecular complexity index is 595. The molecule has 2 aromatic carbocycles. The first kappa shape index (κ1) is 14.5. The maximum atomic E-state index is 13.1. The van der Waals surface area contributed by atoms with Crippen LogP contribution in [0, 0.1) is 19.7 Å². The van der Waals surface area contributed by atoms with Crippen LogP contribution in [0.5, 0.6) is 0 Å². The lowest BCUT2D eigenvalue weighted by atomic mass is 10.0. The standard InChI is InChI=1S/C16H15BrClF/c1-10-3-4-12(7-11(10)2)8-14(17)13-5-6-16(19)15(18)9-13/h3-7,9,14H,8H2,1-2H3. The molecule has 0 saturated carbocycles. The van der Waals surface area contributed by atoms with E-state index in [-0.39, 0.29) is 15.7 Å². The fourth-order valence-corrected chi connectivity index (χ4v) is 2.81. The van der Waals surface area contributed by atoms with Crippen LogP contribution in [-0.4, -0.2) is 0 Å². The second-order valence-electron chi connectivity index (χ2n) is 4.76. The monoisotopic (exact) mass is 340 g/mol. The van der Waals surface area contributed by atoms with E-state index in [1.807, 2.05) is 0 Å². The van der Waals surface area contributed by atoms with Crippen LogP contribution in [0.4, 0.5) is 4.39 Å². The summed E-state index contributed by atoms with van der Waals surface area (Å²) < 4.78 is 13.1. The summed E-state index contributed by atoms with van der Waals surface area (Å²) in [7, 11) is 0. The average Bonchev–Trinajstić information content (AvgIpc) is 2.37. The van der Waals surface area contributed by atoms with E-state index in [1.54, 1.807) is 12.1 Å². The van der Waals surface area contributed by atoms with Gasteiger partial charge in [0.2, 0.25) is 0 Å². The van der Waals surface area contributed by atoms with Crippen molar-refractivity contribution in [3.63, 3.8) is 0 Å². The number of hydrogen-bond donors (Lipinski definition) is 0. The highest BCUT2D eigenvalue weighted by Crippen LogP contribution is 2.30. The minimum absolute atomic E-state index is 0.132. The van der Waals surface area contributed by atoms with Crippen molar-refractivity contribution in [3.05, 3.63) is 69.5 Å². The average molecular weight is 342 g/mol. The third kappa shape index (κ3) is 3.58. The summed E-state index contributed by atoms with van der Waals surface area (Å²) in [6.07, 6.45) is 0.850. The zero-order valence-electron chi connectivity index (χ0n) is 10.9. The van der Waals surface area contributed by atoms with Gasteiger partial charge in [-0.1, -0.05) is 51.8 Å². The minimum atomic E-state index is -0.378. The summed E-state index contributed by atoms with van der Waals surface area (Å²) in [5.41, 5.74) is 4.82. The summed E-state index contributed by atoms with van der Waals surface area (Å²) in [5, 5.41) is 0.169. The zero-order chi connectivity index (χ0) is 14.0. The number of rotatable bonds is 3. The summed E-state index contributed by atoms with van der Waals surface area (Å²) in [6, 6.07) is 11.3. The molecule has 2 rings (SSSR count). The Morgan fingerprint density at radius 3 is 2.47 bits per heavy atom. The zero-order valence-corrected chi connectivity index (χ0v) is 13.2. The maximum Gasteiger partial charge on any atom is 0.141 e. The molecule has 0 aliphatic rings. The van der Waals surface area contributed by atoms with Gasteiger partial charge in [0.1, 0.15) is 5.82 Å². The number of halogens is 3. The SMILES string of the molecule is Cc1ccc(CC(Br)c2ccc(F)c(Cl)c2)cc1C. The molecule has 0 spiro atoms. The smallest absolute Gasteiger partial charge is 0.141 e. The molecule has 0 aromatic heterocycles. The molecule has 19 heavy (non-hydrogen) atoms. The third-order valence-corrected chi connectivity index (χ3v) is 4.43. The largest absolute Gasteiger partial charge is 0.205 e. The van der Waals surface area contributed by atoms with Crippen molar-refractivity contribution >= 4 is 27.5 Å². The molecule has 1 atom stereocenters. The van der Waals surface area contributed by atoms with Gasteiger partial charge in [-0.3, -0.25) is 0 Å². The van der Waals surface area contributed by atoms with Crippen molar-refractivity contribution in [2.24, 2.45) is 0 Å². The van der Waals surface area contributed by atoms with Gasteiger partial charge in [-0.05, 0) is 54.7 Å². The lowest BCUT2D eigenvalue weighted by Crippen LogP contribution is -1.97. The van der Waals surface area contributed by atoms with E-state index < -0.39 is 0 Å². The van der Waals surface area contributed by atoms with Gasteiger partial charge in [-0.2, -0.15) is 0 Å². The first-order valence-corrected chi connectivity index (χ1v) is 7.42. The normalized spacial score (nSPS) is 12.5. The Morgan fingerprint density at radius 2 is 1.84 bits per heavy atom. The number of benzene rings is 2. The molecular weight excluding hydrogens is 327 g/mol. The van der Waals surface area contributed by atoms with Crippen LogP contribution in [0.2, 0.25) is 5.02 Å². The van der Waals surface area contributed by atoms with Crippen LogP contribution < -0.4 is 0 Å². The van der Waals surface area contributed by atoms with Gasteiger partial charge in [0.15, 0.2) is 0 Å². The van der Waals surface area contributed by atoms with E-state index in [0.717, 1.165) is 12.0 Å². The molecular formula is C16H15BrClF. The van der Waals surface area contributed by atoms with Gasteiger partial charge in [0.25, 0.3) is 0 Å². The molecule has 0 radical (unpaired) electrons. The molecule has 0 aliphatic heterocycles. The topological polar surface area (TPSA) is 0 Å². The van der Waals surface area contributed by atoms with Crippen molar-refractivity contribution < 1.29 is 4.39 Å². The molecule has 0 amide bonds. The number of aryl methyl sites for hydroxylation is 2. The van der Waals surface area contributed by atoms with E-state index in [0.29, 0.717) is 0 Å². The lowest BCUT2D eigenvalue weighted by Gasteiger charge is -2.12. The van der Waals surface area contributed by atoms with Gasteiger partial charge >= 0.3 is 0 Å². The molecule has 0 bridgehead atoms. The molecule has 0 saturated heterocycles. The minimum Gasteiger partial charge on any atom is -0.205 e. The van der Waals surface area contributed by atoms with E-state index in [2.05, 4.69) is 48.0 Å². The van der Waals surface area contributed by atoms with Gasteiger partial charge in [-0.15, -0.1) is 0 Å². The fourth-order valence-electron chi connectivity index (χ4n) is 1.96. The Labute approximate surface area is 126 Å². The van der Waals surface area contributed by atoms with Gasteiger partial charge in [0.05, 0.1) is 5.02 Å². The molecule has 0 nitrogen and oxygen atoms in total. The highest BCUT2D eigenvalue weighted by Gasteiger charge is 2.11. The Balaban J connectivity index is 2.17. The summed E-state index contributed by atoms with van der Waals surface area (Å²) >= 11 is 9.45. The van der Waals surface area contributed by atoms with E-state index >= 15 is 0 Å². The molecule has 1 unspecified atom stereocenters. The molecule has 3 heteroatoms. The molecule has 0 N–H and O–H groups in total. The van der Waals surface area contributed by atoms with Crippen molar-refractivity contribution in [3.8, 4) is 0 Å². The number of hydrogen-bond acceptors (Lipinski definition) is 0. The second kappa shape index (κ2) is 6.06. The van der Waals surface area contributed by atoms with Gasteiger partial charge < -0.3 is 0 Å². The van der Waals surface area contributed by atoms with E-state index in [4.69, 9.17) is 11.6 Å². The predicted molar refractivity (Wildman–Crippen MR) is 82.7 cm³/mol. The first-order chi connectivity index (χ1) is 8.97. The van der Waals surface area contributed by atoms with Crippen LogP contribution in [0.15, 0.2) is 36.4 Å². The van der Waals surface area contributed by atoms with Crippen LogP contribution in [-0.2, 0) is 6.42 Å². The third-order valence-electron chi connectivity index (χ3n) is 3.29. The molecule has 0 fully saturated rings. The Hall–Kier alpha value is -0.860. The molecule has 2 aromatic rings.